The number of aromatic amines is 4. The minimum absolute atomic E-state index is 0.101. The number of H-pyrrole nitrogens is 4. The SMILES string of the molecule is C(Cc1nn[nH]n1)OCCC(COCC(CCOCCc1nn[nH]n1)c1nn[nH]n1)c1nn[nH]n1. The summed E-state index contributed by atoms with van der Waals surface area (Å²) in [6, 6.07) is 0. The molecule has 0 aliphatic rings. The number of ether oxygens (including phenoxy) is 3. The van der Waals surface area contributed by atoms with Gasteiger partial charge in [-0.1, -0.05) is 20.9 Å². The monoisotopic (exact) mass is 490 g/mol. The van der Waals surface area contributed by atoms with E-state index in [2.05, 4.69) is 82.5 Å². The molecule has 4 N–H and O–H groups in total. The van der Waals surface area contributed by atoms with Gasteiger partial charge >= 0.3 is 0 Å². The zero-order valence-electron chi connectivity index (χ0n) is 18.8. The Balaban J connectivity index is 1.19. The Morgan fingerprint density at radius 2 is 0.971 bits per heavy atom. The number of aromatic nitrogens is 16. The zero-order valence-corrected chi connectivity index (χ0v) is 18.8. The Morgan fingerprint density at radius 3 is 1.37 bits per heavy atom. The topological polar surface area (TPSA) is 246 Å². The van der Waals surface area contributed by atoms with E-state index in [0.29, 0.717) is 88.6 Å². The minimum Gasteiger partial charge on any atom is -0.381 e. The molecule has 0 bridgehead atoms. The maximum Gasteiger partial charge on any atom is 0.180 e. The summed E-state index contributed by atoms with van der Waals surface area (Å²) < 4.78 is 17.4. The Labute approximate surface area is 197 Å². The quantitative estimate of drug-likeness (QED) is 0.109. The largest absolute Gasteiger partial charge is 0.381 e. The Morgan fingerprint density at radius 1 is 0.514 bits per heavy atom. The highest BCUT2D eigenvalue weighted by molar-refractivity contribution is 4.93. The van der Waals surface area contributed by atoms with E-state index in [1.54, 1.807) is 0 Å². The van der Waals surface area contributed by atoms with Crippen LogP contribution in [-0.2, 0) is 27.1 Å². The van der Waals surface area contributed by atoms with E-state index in [4.69, 9.17) is 14.2 Å². The molecule has 0 aliphatic heterocycles. The lowest BCUT2D eigenvalue weighted by Gasteiger charge is -2.17. The third kappa shape index (κ3) is 8.15. The molecule has 4 rings (SSSR count). The molecule has 0 aliphatic carbocycles. The molecule has 0 saturated carbocycles. The molecular formula is C16H26N16O3. The lowest BCUT2D eigenvalue weighted by atomic mass is 10.1. The molecule has 188 valence electrons. The Bertz CT molecular complexity index is 927. The van der Waals surface area contributed by atoms with Crippen LogP contribution in [-0.4, -0.2) is 122 Å². The van der Waals surface area contributed by atoms with Crippen LogP contribution in [0.5, 0.6) is 0 Å². The molecule has 19 heteroatoms. The van der Waals surface area contributed by atoms with Gasteiger partial charge in [-0.2, -0.15) is 20.9 Å². The van der Waals surface area contributed by atoms with Crippen molar-refractivity contribution in [2.24, 2.45) is 0 Å². The van der Waals surface area contributed by atoms with Crippen LogP contribution in [0.3, 0.4) is 0 Å². The maximum absolute atomic E-state index is 6.02. The lowest BCUT2D eigenvalue weighted by molar-refractivity contribution is 0.0693. The maximum atomic E-state index is 6.02. The van der Waals surface area contributed by atoms with Crippen LogP contribution in [0.25, 0.3) is 0 Å². The molecule has 4 aromatic heterocycles. The van der Waals surface area contributed by atoms with Crippen molar-refractivity contribution >= 4 is 0 Å². The highest BCUT2D eigenvalue weighted by Gasteiger charge is 2.21. The van der Waals surface area contributed by atoms with E-state index in [1.807, 2.05) is 0 Å². The van der Waals surface area contributed by atoms with E-state index in [0.717, 1.165) is 0 Å². The summed E-state index contributed by atoms with van der Waals surface area (Å²) in [5, 5.41) is 56.2. The first-order valence-electron chi connectivity index (χ1n) is 11.0. The number of hydrogen-bond acceptors (Lipinski definition) is 15. The first-order chi connectivity index (χ1) is 17.4. The molecule has 2 unspecified atom stereocenters. The number of rotatable bonds is 18. The van der Waals surface area contributed by atoms with Crippen molar-refractivity contribution in [2.45, 2.75) is 37.5 Å². The van der Waals surface area contributed by atoms with Crippen LogP contribution >= 0.6 is 0 Å². The summed E-state index contributed by atoms with van der Waals surface area (Å²) in [6.45, 7) is 2.69. The third-order valence-electron chi connectivity index (χ3n) is 5.03. The number of tetrazole rings is 4. The van der Waals surface area contributed by atoms with Gasteiger partial charge in [-0.15, -0.1) is 40.8 Å². The van der Waals surface area contributed by atoms with Crippen molar-refractivity contribution in [1.29, 1.82) is 0 Å². The third-order valence-corrected chi connectivity index (χ3v) is 5.03. The number of nitrogens with zero attached hydrogens (tertiary/aromatic N) is 12. The van der Waals surface area contributed by atoms with Gasteiger partial charge in [0.1, 0.15) is 0 Å². The molecule has 0 radical (unpaired) electrons. The van der Waals surface area contributed by atoms with Gasteiger partial charge in [-0.05, 0) is 12.8 Å². The van der Waals surface area contributed by atoms with Gasteiger partial charge in [0.25, 0.3) is 0 Å². The average molecular weight is 490 g/mol. The molecule has 0 fully saturated rings. The summed E-state index contributed by atoms with van der Waals surface area (Å²) in [7, 11) is 0. The van der Waals surface area contributed by atoms with Crippen LogP contribution < -0.4 is 0 Å². The van der Waals surface area contributed by atoms with Crippen LogP contribution in [0, 0.1) is 0 Å². The van der Waals surface area contributed by atoms with Gasteiger partial charge in [0.2, 0.25) is 0 Å². The summed E-state index contributed by atoms with van der Waals surface area (Å²) in [5.74, 6) is 2.14. The molecule has 35 heavy (non-hydrogen) atoms. The van der Waals surface area contributed by atoms with Crippen molar-refractivity contribution < 1.29 is 14.2 Å². The van der Waals surface area contributed by atoms with Crippen LogP contribution in [0.1, 0.15) is 48.0 Å². The van der Waals surface area contributed by atoms with Gasteiger partial charge in [-0.3, -0.25) is 0 Å². The first kappa shape index (κ1) is 24.3. The number of hydrogen-bond donors (Lipinski definition) is 4. The van der Waals surface area contributed by atoms with E-state index in [1.165, 1.54) is 0 Å². The van der Waals surface area contributed by atoms with Crippen molar-refractivity contribution in [3.05, 3.63) is 23.3 Å². The van der Waals surface area contributed by atoms with Gasteiger partial charge in [-0.25, -0.2) is 0 Å². The molecule has 4 aromatic rings. The summed E-state index contributed by atoms with van der Waals surface area (Å²) >= 11 is 0. The summed E-state index contributed by atoms with van der Waals surface area (Å²) in [5.41, 5.74) is 0. The zero-order chi connectivity index (χ0) is 24.0. The van der Waals surface area contributed by atoms with E-state index in [9.17, 15) is 0 Å². The second kappa shape index (κ2) is 13.8. The molecule has 0 spiro atoms. The van der Waals surface area contributed by atoms with Crippen LogP contribution in [0.4, 0.5) is 0 Å². The van der Waals surface area contributed by atoms with E-state index < -0.39 is 0 Å². The van der Waals surface area contributed by atoms with Crippen LogP contribution in [0.15, 0.2) is 0 Å². The van der Waals surface area contributed by atoms with E-state index in [-0.39, 0.29) is 11.8 Å². The molecule has 0 aromatic carbocycles. The molecule has 19 nitrogen and oxygen atoms in total. The predicted molar refractivity (Wildman–Crippen MR) is 111 cm³/mol. The first-order valence-corrected chi connectivity index (χ1v) is 11.0. The van der Waals surface area contributed by atoms with Gasteiger partial charge in [0.15, 0.2) is 23.3 Å². The number of nitrogens with one attached hydrogen (secondary N) is 4. The molecule has 0 amide bonds. The van der Waals surface area contributed by atoms with Crippen molar-refractivity contribution in [3.8, 4) is 0 Å². The smallest absolute Gasteiger partial charge is 0.180 e. The predicted octanol–water partition coefficient (Wildman–Crippen LogP) is -2.08. The fourth-order valence-electron chi connectivity index (χ4n) is 3.17. The lowest BCUT2D eigenvalue weighted by Crippen LogP contribution is -2.18. The minimum atomic E-state index is -0.101. The van der Waals surface area contributed by atoms with Crippen molar-refractivity contribution in [1.82, 2.24) is 82.5 Å². The fourth-order valence-corrected chi connectivity index (χ4v) is 3.17. The summed E-state index contributed by atoms with van der Waals surface area (Å²) in [6.07, 6.45) is 2.45. The highest BCUT2D eigenvalue weighted by atomic mass is 16.5. The van der Waals surface area contributed by atoms with Crippen molar-refractivity contribution in [2.75, 3.05) is 39.6 Å². The molecule has 4 heterocycles. The highest BCUT2D eigenvalue weighted by Crippen LogP contribution is 2.19. The average Bonchev–Trinajstić information content (AvgIpc) is 3.70. The molecule has 2 atom stereocenters. The second-order valence-corrected chi connectivity index (χ2v) is 7.43. The van der Waals surface area contributed by atoms with Gasteiger partial charge < -0.3 is 14.2 Å². The standard InChI is InChI=1S/C16H26N16O3/c1(5-33-7-3-13-17-25-26-18-13)11(15-21-29-30-22-15)9-35-10-12(16-23-31-32-24-16)2-6-34-8-4-14-19-27-28-20-14/h11-12H,1-10H2,(H,17,18,25,26)(H,19,20,27,28)(H,21,22,29,30)(H,23,24,31,32). The van der Waals surface area contributed by atoms with E-state index >= 15 is 0 Å². The van der Waals surface area contributed by atoms with Gasteiger partial charge in [0, 0.05) is 37.9 Å². The second-order valence-electron chi connectivity index (χ2n) is 7.43. The Hall–Kier alpha value is -3.84. The van der Waals surface area contributed by atoms with Crippen LogP contribution in [0.2, 0.25) is 0 Å². The summed E-state index contributed by atoms with van der Waals surface area (Å²) in [4.78, 5) is 0. The van der Waals surface area contributed by atoms with Crippen molar-refractivity contribution in [3.63, 3.8) is 0 Å². The molecule has 0 saturated heterocycles. The van der Waals surface area contributed by atoms with Gasteiger partial charge in [0.05, 0.1) is 26.4 Å². The Kier molecular flexibility index (Phi) is 9.55. The molecular weight excluding hydrogens is 464 g/mol. The normalized spacial score (nSPS) is 13.3. The fraction of sp³-hybridized carbons (Fsp3) is 0.750.